The summed E-state index contributed by atoms with van der Waals surface area (Å²) >= 11 is 0. The molecule has 4 nitrogen and oxygen atoms in total. The van der Waals surface area contributed by atoms with Crippen molar-refractivity contribution in [3.63, 3.8) is 0 Å². The Labute approximate surface area is 70.9 Å². The van der Waals surface area contributed by atoms with Crippen LogP contribution in [0.4, 0.5) is 3.89 Å². The largest absolute Gasteiger partial charge is 0.371 e. The second-order valence-corrected chi connectivity index (χ2v) is 3.79. The van der Waals surface area contributed by atoms with Gasteiger partial charge in [-0.1, -0.05) is 0 Å². The van der Waals surface area contributed by atoms with Crippen LogP contribution in [0.25, 0.3) is 0 Å². The molecule has 0 aromatic rings. The quantitative estimate of drug-likeness (QED) is 0.349. The number of carbonyl (C=O) groups excluding carboxylic acids is 1. The predicted molar refractivity (Wildman–Crippen MR) is 41.0 cm³/mol. The molecular weight excluding hydrogens is 187 g/mol. The summed E-state index contributed by atoms with van der Waals surface area (Å²) < 4.78 is 36.5. The van der Waals surface area contributed by atoms with Gasteiger partial charge >= 0.3 is 10.2 Å². The van der Waals surface area contributed by atoms with Crippen LogP contribution in [0.1, 0.15) is 13.3 Å². The van der Waals surface area contributed by atoms with E-state index in [2.05, 4.69) is 0 Å². The molecule has 0 aliphatic rings. The van der Waals surface area contributed by atoms with Gasteiger partial charge in [0.2, 0.25) is 0 Å². The summed E-state index contributed by atoms with van der Waals surface area (Å²) in [5.41, 5.74) is 0. The van der Waals surface area contributed by atoms with Gasteiger partial charge in [-0.3, -0.25) is 0 Å². The average Bonchev–Trinajstić information content (AvgIpc) is 1.96. The molecule has 72 valence electrons. The number of hydrogen-bond acceptors (Lipinski definition) is 4. The second kappa shape index (κ2) is 5.21. The first-order chi connectivity index (χ1) is 5.45. The third-order valence-corrected chi connectivity index (χ3v) is 1.88. The van der Waals surface area contributed by atoms with Crippen molar-refractivity contribution in [2.24, 2.45) is 0 Å². The van der Waals surface area contributed by atoms with Gasteiger partial charge < -0.3 is 9.53 Å². The number of ether oxygens (including phenoxy) is 1. The molecule has 12 heavy (non-hydrogen) atoms. The van der Waals surface area contributed by atoms with E-state index in [1.165, 1.54) is 6.92 Å². The van der Waals surface area contributed by atoms with Gasteiger partial charge in [-0.15, -0.1) is 3.89 Å². The van der Waals surface area contributed by atoms with E-state index >= 15 is 0 Å². The first kappa shape index (κ1) is 11.5. The highest BCUT2D eigenvalue weighted by Crippen LogP contribution is 1.96. The normalized spacial score (nSPS) is 14.2. The van der Waals surface area contributed by atoms with Crippen LogP contribution in [-0.4, -0.2) is 33.2 Å². The van der Waals surface area contributed by atoms with Crippen molar-refractivity contribution in [3.05, 3.63) is 0 Å². The molecule has 0 rings (SSSR count). The maximum Gasteiger partial charge on any atom is 0.302 e. The summed E-state index contributed by atoms with van der Waals surface area (Å²) in [7, 11) is -4.40. The third-order valence-electron chi connectivity index (χ3n) is 1.10. The Balaban J connectivity index is 3.40. The van der Waals surface area contributed by atoms with E-state index in [-0.39, 0.29) is 13.0 Å². The molecule has 0 heterocycles. The Hall–Kier alpha value is -0.490. The summed E-state index contributed by atoms with van der Waals surface area (Å²) in [6, 6.07) is 0. The van der Waals surface area contributed by atoms with Crippen molar-refractivity contribution in [2.75, 3.05) is 12.4 Å². The summed E-state index contributed by atoms with van der Waals surface area (Å²) in [5, 5.41) is 0. The molecule has 0 N–H and O–H groups in total. The van der Waals surface area contributed by atoms with Crippen LogP contribution >= 0.6 is 0 Å². The van der Waals surface area contributed by atoms with Crippen molar-refractivity contribution in [1.29, 1.82) is 0 Å². The van der Waals surface area contributed by atoms with E-state index in [4.69, 9.17) is 4.74 Å². The van der Waals surface area contributed by atoms with E-state index < -0.39 is 22.1 Å². The van der Waals surface area contributed by atoms with Crippen LogP contribution < -0.4 is 0 Å². The van der Waals surface area contributed by atoms with Gasteiger partial charge in [0.05, 0.1) is 5.75 Å². The van der Waals surface area contributed by atoms with Gasteiger partial charge in [0.1, 0.15) is 12.4 Å². The van der Waals surface area contributed by atoms with E-state index in [0.717, 1.165) is 0 Å². The number of hydrogen-bond donors (Lipinski definition) is 0. The van der Waals surface area contributed by atoms with Crippen LogP contribution in [0.2, 0.25) is 0 Å². The Morgan fingerprint density at radius 2 is 2.17 bits per heavy atom. The molecule has 0 radical (unpaired) electrons. The fourth-order valence-corrected chi connectivity index (χ4v) is 1.00. The SMILES string of the molecule is CC(C=O)OCCCS(=O)(=O)F. The minimum atomic E-state index is -4.40. The topological polar surface area (TPSA) is 60.4 Å². The van der Waals surface area contributed by atoms with Crippen molar-refractivity contribution in [3.8, 4) is 0 Å². The van der Waals surface area contributed by atoms with E-state index in [1.54, 1.807) is 0 Å². The van der Waals surface area contributed by atoms with Crippen molar-refractivity contribution in [1.82, 2.24) is 0 Å². The molecule has 0 bridgehead atoms. The van der Waals surface area contributed by atoms with Gasteiger partial charge in [0.15, 0.2) is 0 Å². The Bertz CT molecular complexity index is 224. The predicted octanol–water partition coefficient (Wildman–Crippen LogP) is 0.280. The molecule has 0 aromatic heterocycles. The summed E-state index contributed by atoms with van der Waals surface area (Å²) in [5.74, 6) is -0.557. The molecule has 0 saturated carbocycles. The van der Waals surface area contributed by atoms with E-state index in [9.17, 15) is 17.1 Å². The van der Waals surface area contributed by atoms with Gasteiger partial charge in [0, 0.05) is 6.61 Å². The fourth-order valence-electron chi connectivity index (χ4n) is 0.540. The lowest BCUT2D eigenvalue weighted by Gasteiger charge is -2.03. The molecule has 0 spiro atoms. The Kier molecular flexibility index (Phi) is 5.00. The highest BCUT2D eigenvalue weighted by Gasteiger charge is 2.06. The smallest absolute Gasteiger partial charge is 0.302 e. The van der Waals surface area contributed by atoms with Crippen LogP contribution in [0.5, 0.6) is 0 Å². The number of rotatable bonds is 6. The maximum atomic E-state index is 11.8. The van der Waals surface area contributed by atoms with Crippen molar-refractivity contribution in [2.45, 2.75) is 19.4 Å². The molecular formula is C6H11FO4S. The van der Waals surface area contributed by atoms with Gasteiger partial charge in [-0.05, 0) is 13.3 Å². The maximum absolute atomic E-state index is 11.8. The monoisotopic (exact) mass is 198 g/mol. The molecule has 6 heteroatoms. The van der Waals surface area contributed by atoms with Crippen LogP contribution in [0, 0.1) is 0 Å². The summed E-state index contributed by atoms with van der Waals surface area (Å²) in [6.07, 6.45) is 0.0911. The molecule has 1 atom stereocenters. The lowest BCUT2D eigenvalue weighted by atomic mass is 10.4. The van der Waals surface area contributed by atoms with Crippen LogP contribution in [0.15, 0.2) is 0 Å². The number of aldehydes is 1. The zero-order valence-corrected chi connectivity index (χ0v) is 7.51. The number of halogens is 1. The molecule has 0 fully saturated rings. The van der Waals surface area contributed by atoms with Crippen LogP contribution in [0.3, 0.4) is 0 Å². The van der Waals surface area contributed by atoms with E-state index in [0.29, 0.717) is 6.29 Å². The minimum Gasteiger partial charge on any atom is -0.371 e. The van der Waals surface area contributed by atoms with Gasteiger partial charge in [-0.2, -0.15) is 8.42 Å². The van der Waals surface area contributed by atoms with Gasteiger partial charge in [-0.25, -0.2) is 0 Å². The first-order valence-corrected chi connectivity index (χ1v) is 5.00. The molecule has 0 aromatic carbocycles. The lowest BCUT2D eigenvalue weighted by molar-refractivity contribution is -0.117. The molecule has 0 saturated heterocycles. The second-order valence-electron chi connectivity index (χ2n) is 2.31. The zero-order valence-electron chi connectivity index (χ0n) is 6.70. The highest BCUT2D eigenvalue weighted by molar-refractivity contribution is 7.86. The first-order valence-electron chi connectivity index (χ1n) is 3.45. The van der Waals surface area contributed by atoms with Crippen molar-refractivity contribution < 1.29 is 21.8 Å². The molecule has 0 aliphatic heterocycles. The van der Waals surface area contributed by atoms with Crippen LogP contribution in [-0.2, 0) is 19.8 Å². The summed E-state index contributed by atoms with van der Waals surface area (Å²) in [4.78, 5) is 9.98. The standard InChI is InChI=1S/C6H11FO4S/c1-6(5-8)11-3-2-4-12(7,9)10/h5-6H,2-4H2,1H3. The third kappa shape index (κ3) is 7.62. The zero-order chi connectivity index (χ0) is 9.61. The average molecular weight is 198 g/mol. The minimum absolute atomic E-state index is 0.0665. The Morgan fingerprint density at radius 1 is 1.58 bits per heavy atom. The number of carbonyl (C=O) groups is 1. The molecule has 1 unspecified atom stereocenters. The summed E-state index contributed by atoms with van der Waals surface area (Å²) in [6.45, 7) is 1.60. The fraction of sp³-hybridized carbons (Fsp3) is 0.833. The van der Waals surface area contributed by atoms with E-state index in [1.807, 2.05) is 0 Å². The molecule has 0 aliphatic carbocycles. The highest BCUT2D eigenvalue weighted by atomic mass is 32.3. The lowest BCUT2D eigenvalue weighted by Crippen LogP contribution is -2.12. The Morgan fingerprint density at radius 3 is 2.58 bits per heavy atom. The van der Waals surface area contributed by atoms with Gasteiger partial charge in [0.25, 0.3) is 0 Å². The molecule has 0 amide bonds. The van der Waals surface area contributed by atoms with Crippen molar-refractivity contribution >= 4 is 16.5 Å².